The number of nitrogens with zero attached hydrogens (tertiary/aromatic N) is 6. The normalized spacial score (nSPS) is 11.7. The maximum Gasteiger partial charge on any atom is 0.146 e. The maximum atomic E-state index is 9.77. The zero-order chi connectivity index (χ0) is 21.1. The lowest BCUT2D eigenvalue weighted by Gasteiger charge is -2.09. The number of benzene rings is 1. The highest BCUT2D eigenvalue weighted by atomic mass is 16.3. The largest absolute Gasteiger partial charge is 0.396 e. The number of nitrogen functional groups attached to an aromatic ring is 1. The van der Waals surface area contributed by atoms with E-state index in [1.165, 1.54) is 11.0 Å². The van der Waals surface area contributed by atoms with Gasteiger partial charge in [0.1, 0.15) is 29.6 Å². The van der Waals surface area contributed by atoms with E-state index in [2.05, 4.69) is 21.1 Å². The van der Waals surface area contributed by atoms with Gasteiger partial charge in [0.05, 0.1) is 11.1 Å². The topological polar surface area (TPSA) is 119 Å². The molecule has 0 atom stereocenters. The van der Waals surface area contributed by atoms with Crippen molar-refractivity contribution in [3.05, 3.63) is 60.3 Å². The molecule has 150 valence electrons. The van der Waals surface area contributed by atoms with Crippen LogP contribution in [0.1, 0.15) is 17.7 Å². The summed E-state index contributed by atoms with van der Waals surface area (Å²) in [5, 5.41) is 24.1. The number of aliphatic hydroxyl groups is 1. The van der Waals surface area contributed by atoms with Gasteiger partial charge in [-0.3, -0.25) is 0 Å². The molecule has 0 radical (unpaired) electrons. The van der Waals surface area contributed by atoms with Gasteiger partial charge < -0.3 is 15.4 Å². The van der Waals surface area contributed by atoms with E-state index in [0.29, 0.717) is 30.1 Å². The van der Waals surface area contributed by atoms with Gasteiger partial charge in [-0.15, -0.1) is 0 Å². The number of rotatable bonds is 6. The molecule has 30 heavy (non-hydrogen) atoms. The van der Waals surface area contributed by atoms with Crippen LogP contribution in [0.2, 0.25) is 0 Å². The summed E-state index contributed by atoms with van der Waals surface area (Å²) in [4.78, 5) is 8.67. The van der Waals surface area contributed by atoms with Gasteiger partial charge in [0.25, 0.3) is 0 Å². The van der Waals surface area contributed by atoms with Gasteiger partial charge in [-0.25, -0.2) is 14.6 Å². The quantitative estimate of drug-likeness (QED) is 0.481. The van der Waals surface area contributed by atoms with Gasteiger partial charge in [0, 0.05) is 31.1 Å². The number of aryl methyl sites for hydroxylation is 2. The molecule has 0 bridgehead atoms. The number of hydrogen-bond acceptors (Lipinski definition) is 6. The van der Waals surface area contributed by atoms with Crippen molar-refractivity contribution in [2.45, 2.75) is 19.9 Å². The lowest BCUT2D eigenvalue weighted by atomic mass is 10.0. The molecule has 3 heterocycles. The molecule has 0 unspecified atom stereocenters. The predicted octanol–water partition coefficient (Wildman–Crippen LogP) is 3.09. The van der Waals surface area contributed by atoms with Gasteiger partial charge in [-0.05, 0) is 31.1 Å². The lowest BCUT2D eigenvalue weighted by molar-refractivity contribution is 0.280. The molecule has 8 nitrogen and oxygen atoms in total. The van der Waals surface area contributed by atoms with Crippen LogP contribution in [-0.2, 0) is 6.54 Å². The van der Waals surface area contributed by atoms with E-state index in [-0.39, 0.29) is 6.61 Å². The number of nitrogens with two attached hydrogens (primary N) is 1. The number of hydrogen-bond donors (Lipinski definition) is 2. The standard InChI is InChI=1S/C22H21N7O/c1-15-4-6-16(7-5-15)19-18(12-17(13-23)29-10-2-8-27-29)28(9-3-11-30)22-20(19)21(24)25-14-26-22/h2,4-8,10,12,14,30H,3,9,11H2,1H3,(H2,24,25,26). The zero-order valence-corrected chi connectivity index (χ0v) is 16.5. The van der Waals surface area contributed by atoms with Crippen LogP contribution in [0.3, 0.4) is 0 Å². The van der Waals surface area contributed by atoms with E-state index in [1.54, 1.807) is 24.5 Å². The van der Waals surface area contributed by atoms with E-state index in [0.717, 1.165) is 27.8 Å². The summed E-state index contributed by atoms with van der Waals surface area (Å²) in [6, 6.07) is 12.1. The molecule has 0 amide bonds. The number of allylic oxidation sites excluding steroid dienone is 1. The first-order valence-electron chi connectivity index (χ1n) is 9.56. The molecule has 0 spiro atoms. The van der Waals surface area contributed by atoms with E-state index in [4.69, 9.17) is 5.73 Å². The molecule has 0 aliphatic heterocycles. The third kappa shape index (κ3) is 3.43. The van der Waals surface area contributed by atoms with Crippen LogP contribution in [0.25, 0.3) is 33.9 Å². The average Bonchev–Trinajstić information content (AvgIpc) is 3.38. The summed E-state index contributed by atoms with van der Waals surface area (Å²) < 4.78 is 3.49. The molecule has 0 fully saturated rings. The van der Waals surface area contributed by atoms with E-state index in [9.17, 15) is 10.4 Å². The first-order chi connectivity index (χ1) is 14.6. The maximum absolute atomic E-state index is 9.77. The van der Waals surface area contributed by atoms with Crippen molar-refractivity contribution in [3.63, 3.8) is 0 Å². The molecule has 0 saturated carbocycles. The Morgan fingerprint density at radius 2 is 2.07 bits per heavy atom. The Morgan fingerprint density at radius 3 is 2.73 bits per heavy atom. The predicted molar refractivity (Wildman–Crippen MR) is 116 cm³/mol. The average molecular weight is 399 g/mol. The van der Waals surface area contributed by atoms with Crippen molar-refractivity contribution in [2.75, 3.05) is 12.3 Å². The Morgan fingerprint density at radius 1 is 1.27 bits per heavy atom. The SMILES string of the molecule is Cc1ccc(-c2c(C=C(C#N)n3cccn3)n(CCCO)c3ncnc(N)c23)cc1. The van der Waals surface area contributed by atoms with Crippen molar-refractivity contribution in [1.82, 2.24) is 24.3 Å². The van der Waals surface area contributed by atoms with Crippen molar-refractivity contribution >= 4 is 28.6 Å². The third-order valence-electron chi connectivity index (χ3n) is 4.93. The van der Waals surface area contributed by atoms with Crippen LogP contribution in [0.5, 0.6) is 0 Å². The smallest absolute Gasteiger partial charge is 0.146 e. The molecule has 3 N–H and O–H groups in total. The van der Waals surface area contributed by atoms with Crippen LogP contribution in [-0.4, -0.2) is 36.0 Å². The van der Waals surface area contributed by atoms with Crippen LogP contribution in [0.4, 0.5) is 5.82 Å². The second-order valence-corrected chi connectivity index (χ2v) is 6.90. The highest BCUT2D eigenvalue weighted by Crippen LogP contribution is 2.38. The first kappa shape index (κ1) is 19.4. The summed E-state index contributed by atoms with van der Waals surface area (Å²) in [5.41, 5.74) is 11.0. The summed E-state index contributed by atoms with van der Waals surface area (Å²) in [6.45, 7) is 2.57. The Balaban J connectivity index is 2.08. The fourth-order valence-corrected chi connectivity index (χ4v) is 3.52. The highest BCUT2D eigenvalue weighted by Gasteiger charge is 2.21. The Bertz CT molecular complexity index is 1250. The third-order valence-corrected chi connectivity index (χ3v) is 4.93. The summed E-state index contributed by atoms with van der Waals surface area (Å²) in [6.07, 6.45) is 7.08. The number of aromatic nitrogens is 5. The fraction of sp³-hybridized carbons (Fsp3) is 0.182. The second-order valence-electron chi connectivity index (χ2n) is 6.90. The minimum Gasteiger partial charge on any atom is -0.396 e. The van der Waals surface area contributed by atoms with Crippen molar-refractivity contribution in [1.29, 1.82) is 5.26 Å². The van der Waals surface area contributed by atoms with Crippen molar-refractivity contribution in [3.8, 4) is 17.2 Å². The molecule has 0 aliphatic carbocycles. The van der Waals surface area contributed by atoms with Gasteiger partial charge in [-0.1, -0.05) is 29.8 Å². The monoisotopic (exact) mass is 399 g/mol. The van der Waals surface area contributed by atoms with Gasteiger partial charge in [0.15, 0.2) is 0 Å². The summed E-state index contributed by atoms with van der Waals surface area (Å²) in [7, 11) is 0. The summed E-state index contributed by atoms with van der Waals surface area (Å²) in [5.74, 6) is 0.366. The number of aliphatic hydroxyl groups excluding tert-OH is 1. The molecule has 8 heteroatoms. The van der Waals surface area contributed by atoms with Crippen LogP contribution in [0.15, 0.2) is 49.1 Å². The van der Waals surface area contributed by atoms with Crippen LogP contribution >= 0.6 is 0 Å². The molecular weight excluding hydrogens is 378 g/mol. The molecule has 3 aromatic heterocycles. The number of nitriles is 1. The molecule has 4 aromatic rings. The van der Waals surface area contributed by atoms with Crippen molar-refractivity contribution < 1.29 is 5.11 Å². The molecular formula is C22H21N7O. The minimum atomic E-state index is 0.0352. The zero-order valence-electron chi connectivity index (χ0n) is 16.5. The van der Waals surface area contributed by atoms with Crippen LogP contribution < -0.4 is 5.73 Å². The van der Waals surface area contributed by atoms with Crippen LogP contribution in [0, 0.1) is 18.3 Å². The van der Waals surface area contributed by atoms with E-state index in [1.807, 2.05) is 35.8 Å². The van der Waals surface area contributed by atoms with Crippen molar-refractivity contribution in [2.24, 2.45) is 0 Å². The fourth-order valence-electron chi connectivity index (χ4n) is 3.52. The second kappa shape index (κ2) is 8.19. The van der Waals surface area contributed by atoms with Gasteiger partial charge >= 0.3 is 0 Å². The minimum absolute atomic E-state index is 0.0352. The molecule has 4 rings (SSSR count). The Hall–Kier alpha value is -3.96. The first-order valence-corrected chi connectivity index (χ1v) is 9.56. The van der Waals surface area contributed by atoms with Gasteiger partial charge in [-0.2, -0.15) is 10.4 Å². The Kier molecular flexibility index (Phi) is 5.28. The lowest BCUT2D eigenvalue weighted by Crippen LogP contribution is -2.05. The number of fused-ring (bicyclic) bond motifs is 1. The highest BCUT2D eigenvalue weighted by molar-refractivity contribution is 6.05. The molecule has 1 aromatic carbocycles. The summed E-state index contributed by atoms with van der Waals surface area (Å²) >= 11 is 0. The molecule has 0 saturated heterocycles. The van der Waals surface area contributed by atoms with Gasteiger partial charge in [0.2, 0.25) is 0 Å². The Labute approximate surface area is 173 Å². The number of anilines is 1. The van der Waals surface area contributed by atoms with E-state index >= 15 is 0 Å². The van der Waals surface area contributed by atoms with E-state index < -0.39 is 0 Å². The molecule has 0 aliphatic rings.